The fraction of sp³-hybridized carbons (Fsp3) is 0.379. The predicted molar refractivity (Wildman–Crippen MR) is 153 cm³/mol. The first-order valence-electron chi connectivity index (χ1n) is 13.4. The van der Waals surface area contributed by atoms with Gasteiger partial charge < -0.3 is 18.9 Å². The average molecular weight is 616 g/mol. The van der Waals surface area contributed by atoms with Crippen molar-refractivity contribution in [3.05, 3.63) is 63.1 Å². The second-order valence-electron chi connectivity index (χ2n) is 10.7. The average Bonchev–Trinajstić information content (AvgIpc) is 3.45. The molecule has 0 N–H and O–H groups in total. The number of methoxy groups -OCH3 is 1. The van der Waals surface area contributed by atoms with Gasteiger partial charge >= 0.3 is 11.9 Å². The molecule has 2 saturated heterocycles. The van der Waals surface area contributed by atoms with Crippen LogP contribution in [0.15, 0.2) is 34.9 Å². The first-order valence-corrected chi connectivity index (χ1v) is 15.0. The maximum absolute atomic E-state index is 14.8. The summed E-state index contributed by atoms with van der Waals surface area (Å²) in [6, 6.07) is 8.05. The molecule has 2 bridgehead atoms. The zero-order valence-corrected chi connectivity index (χ0v) is 24.2. The SMILES string of the molecule is COC(=O)c1cc(F)c2nc(N3C4CCC3CC(OC(=O)c3c(-c5c(Cl)cccc5Cl)noc3C3CC3)C4)sc2c1. The van der Waals surface area contributed by atoms with Crippen molar-refractivity contribution < 1.29 is 28.0 Å². The van der Waals surface area contributed by atoms with E-state index in [2.05, 4.69) is 15.0 Å². The number of hydrogen-bond acceptors (Lipinski definition) is 9. The van der Waals surface area contributed by atoms with Gasteiger partial charge in [-0.1, -0.05) is 45.8 Å². The molecule has 4 heterocycles. The standard InChI is InChI=1S/C29H24Cl2FN3O5S/c1-38-27(36)14-9-20(32)24-21(10-14)41-29(33-24)35-15-7-8-16(35)12-17(11-15)39-28(37)23-25(34-40-26(23)13-5-6-13)22-18(30)3-2-4-19(22)31/h2-4,9-10,13,15-17H,5-8,11-12H2,1H3. The summed E-state index contributed by atoms with van der Waals surface area (Å²) >= 11 is 14.3. The van der Waals surface area contributed by atoms with E-state index < -0.39 is 17.8 Å². The molecule has 3 aliphatic rings. The molecule has 4 aromatic rings. The lowest BCUT2D eigenvalue weighted by atomic mass is 9.99. The molecule has 41 heavy (non-hydrogen) atoms. The van der Waals surface area contributed by atoms with Crippen molar-refractivity contribution in [2.45, 2.75) is 62.6 Å². The van der Waals surface area contributed by atoms with Gasteiger partial charge in [0.25, 0.3) is 0 Å². The van der Waals surface area contributed by atoms with Crippen molar-refractivity contribution in [2.24, 2.45) is 0 Å². The van der Waals surface area contributed by atoms with E-state index in [1.165, 1.54) is 18.4 Å². The van der Waals surface area contributed by atoms with Crippen LogP contribution in [0.2, 0.25) is 10.0 Å². The van der Waals surface area contributed by atoms with E-state index in [9.17, 15) is 14.0 Å². The number of carbonyl (C=O) groups excluding carboxylic acids is 2. The Morgan fingerprint density at radius 1 is 1.07 bits per heavy atom. The van der Waals surface area contributed by atoms with Gasteiger partial charge in [0.2, 0.25) is 0 Å². The lowest BCUT2D eigenvalue weighted by Crippen LogP contribution is -2.46. The molecule has 3 fully saturated rings. The molecule has 0 amide bonds. The third-order valence-electron chi connectivity index (χ3n) is 8.11. The smallest absolute Gasteiger partial charge is 0.344 e. The number of hydrogen-bond donors (Lipinski definition) is 0. The Labute approximate surface area is 248 Å². The summed E-state index contributed by atoms with van der Waals surface area (Å²) in [5.41, 5.74) is 1.43. The van der Waals surface area contributed by atoms with Crippen LogP contribution in [0.1, 0.15) is 70.9 Å². The Hall–Kier alpha value is -3.21. The minimum atomic E-state index is -0.596. The number of esters is 2. The Bertz CT molecular complexity index is 1670. The second kappa shape index (κ2) is 10.3. The van der Waals surface area contributed by atoms with Crippen LogP contribution in [0.25, 0.3) is 21.5 Å². The largest absolute Gasteiger partial charge is 0.465 e. The monoisotopic (exact) mass is 615 g/mol. The molecule has 212 valence electrons. The Morgan fingerprint density at radius 2 is 1.78 bits per heavy atom. The van der Waals surface area contributed by atoms with Crippen molar-refractivity contribution in [3.63, 3.8) is 0 Å². The van der Waals surface area contributed by atoms with Crippen molar-refractivity contribution in [2.75, 3.05) is 12.0 Å². The number of halogens is 3. The van der Waals surface area contributed by atoms with Crippen LogP contribution >= 0.6 is 34.5 Å². The molecule has 2 aromatic carbocycles. The van der Waals surface area contributed by atoms with E-state index in [-0.39, 0.29) is 35.2 Å². The summed E-state index contributed by atoms with van der Waals surface area (Å²) in [5.74, 6) is -1.01. The number of anilines is 1. The van der Waals surface area contributed by atoms with E-state index in [1.807, 2.05) is 0 Å². The molecule has 1 saturated carbocycles. The number of benzene rings is 2. The molecule has 2 unspecified atom stereocenters. The van der Waals surface area contributed by atoms with Crippen molar-refractivity contribution >= 4 is 61.8 Å². The van der Waals surface area contributed by atoms with E-state index in [4.69, 9.17) is 37.2 Å². The summed E-state index contributed by atoms with van der Waals surface area (Å²) in [7, 11) is 1.26. The number of nitrogens with zero attached hydrogens (tertiary/aromatic N) is 3. The summed E-state index contributed by atoms with van der Waals surface area (Å²) in [6.45, 7) is 0. The van der Waals surface area contributed by atoms with Gasteiger partial charge in [0, 0.05) is 36.4 Å². The number of thiazole rings is 1. The first-order chi connectivity index (χ1) is 19.8. The van der Waals surface area contributed by atoms with Gasteiger partial charge in [0.1, 0.15) is 22.9 Å². The van der Waals surface area contributed by atoms with Crippen molar-refractivity contribution in [1.29, 1.82) is 0 Å². The van der Waals surface area contributed by atoms with Gasteiger partial charge in [-0.3, -0.25) is 0 Å². The molecule has 2 aromatic heterocycles. The molecule has 0 radical (unpaired) electrons. The molecule has 8 nitrogen and oxygen atoms in total. The topological polar surface area (TPSA) is 94.8 Å². The highest BCUT2D eigenvalue weighted by atomic mass is 35.5. The normalized spacial score (nSPS) is 21.9. The van der Waals surface area contributed by atoms with Gasteiger partial charge in [-0.05, 0) is 49.9 Å². The van der Waals surface area contributed by atoms with Crippen molar-refractivity contribution in [1.82, 2.24) is 10.1 Å². The van der Waals surface area contributed by atoms with Gasteiger partial charge in [-0.2, -0.15) is 0 Å². The lowest BCUT2D eigenvalue weighted by molar-refractivity contribution is 0.0202. The number of carbonyl (C=O) groups is 2. The molecule has 7 rings (SSSR count). The first kappa shape index (κ1) is 26.7. The van der Waals surface area contributed by atoms with E-state index in [0.717, 1.165) is 31.7 Å². The second-order valence-corrected chi connectivity index (χ2v) is 12.5. The van der Waals surface area contributed by atoms with Crippen LogP contribution in [-0.4, -0.2) is 47.4 Å². The molecule has 2 atom stereocenters. The van der Waals surface area contributed by atoms with E-state index in [1.54, 1.807) is 24.3 Å². The fourth-order valence-electron chi connectivity index (χ4n) is 6.09. The minimum Gasteiger partial charge on any atom is -0.465 e. The van der Waals surface area contributed by atoms with Crippen molar-refractivity contribution in [3.8, 4) is 11.3 Å². The number of ether oxygens (including phenoxy) is 2. The Balaban J connectivity index is 1.13. The molecule has 1 aliphatic carbocycles. The molecule has 12 heteroatoms. The van der Waals surface area contributed by atoms with Crippen LogP contribution < -0.4 is 4.90 Å². The highest BCUT2D eigenvalue weighted by Gasteiger charge is 2.45. The highest BCUT2D eigenvalue weighted by Crippen LogP contribution is 2.47. The summed E-state index contributed by atoms with van der Waals surface area (Å²) in [4.78, 5) is 32.5. The number of aromatic nitrogens is 2. The van der Waals surface area contributed by atoms with Gasteiger partial charge in [-0.15, -0.1) is 0 Å². The lowest BCUT2D eigenvalue weighted by Gasteiger charge is -2.38. The van der Waals surface area contributed by atoms with Crippen LogP contribution in [0.4, 0.5) is 9.52 Å². The van der Waals surface area contributed by atoms with Crippen LogP contribution in [0.3, 0.4) is 0 Å². The van der Waals surface area contributed by atoms with Crippen LogP contribution in [0.5, 0.6) is 0 Å². The van der Waals surface area contributed by atoms with Crippen LogP contribution in [0, 0.1) is 5.82 Å². The van der Waals surface area contributed by atoms with E-state index >= 15 is 0 Å². The highest BCUT2D eigenvalue weighted by molar-refractivity contribution is 7.22. The zero-order valence-electron chi connectivity index (χ0n) is 21.9. The van der Waals surface area contributed by atoms with E-state index in [0.29, 0.717) is 55.3 Å². The summed E-state index contributed by atoms with van der Waals surface area (Å²) < 4.78 is 31.9. The summed E-state index contributed by atoms with van der Waals surface area (Å²) in [5, 5.41) is 5.66. The zero-order chi connectivity index (χ0) is 28.4. The van der Waals surface area contributed by atoms with Gasteiger partial charge in [0.15, 0.2) is 16.7 Å². The molecular formula is C29H24Cl2FN3O5S. The van der Waals surface area contributed by atoms with Crippen LogP contribution in [-0.2, 0) is 9.47 Å². The van der Waals surface area contributed by atoms with Gasteiger partial charge in [0.05, 0.1) is 27.4 Å². The molecule has 0 spiro atoms. The number of piperidine rings is 1. The quantitative estimate of drug-likeness (QED) is 0.207. The number of fused-ring (bicyclic) bond motifs is 3. The predicted octanol–water partition coefficient (Wildman–Crippen LogP) is 7.42. The third-order valence-corrected chi connectivity index (χ3v) is 9.76. The van der Waals surface area contributed by atoms with Gasteiger partial charge in [-0.25, -0.2) is 19.0 Å². The summed E-state index contributed by atoms with van der Waals surface area (Å²) in [6.07, 6.45) is 4.55. The maximum atomic E-state index is 14.8. The Morgan fingerprint density at radius 3 is 2.44 bits per heavy atom. The minimum absolute atomic E-state index is 0.0816. The fourth-order valence-corrected chi connectivity index (χ4v) is 7.83. The number of rotatable bonds is 6. The maximum Gasteiger partial charge on any atom is 0.344 e. The molecule has 2 aliphatic heterocycles. The molecular weight excluding hydrogens is 592 g/mol. The Kier molecular flexibility index (Phi) is 6.67. The third kappa shape index (κ3) is 4.66.